The summed E-state index contributed by atoms with van der Waals surface area (Å²) in [4.78, 5) is 15.6. The molecule has 0 unspecified atom stereocenters. The first kappa shape index (κ1) is 18.0. The van der Waals surface area contributed by atoms with Crippen molar-refractivity contribution in [1.82, 2.24) is 10.2 Å². The van der Waals surface area contributed by atoms with Crippen LogP contribution < -0.4 is 15.0 Å². The third-order valence-electron chi connectivity index (χ3n) is 4.42. The lowest BCUT2D eigenvalue weighted by atomic mass is 10.2. The number of carbonyl (C=O) groups excluding carboxylic acids is 1. The van der Waals surface area contributed by atoms with E-state index in [-0.39, 0.29) is 11.7 Å². The monoisotopic (exact) mass is 361 g/mol. The molecule has 138 valence electrons. The standard InChI is InChI=1S/C19H21F2N3O2/c1-26-15-7-5-14(6-8-15)13-22-19(25)24-11-9-23(10-12-24)18-16(20)3-2-4-17(18)21/h2-8H,9-13H2,1H3,(H,22,25). The van der Waals surface area contributed by atoms with Crippen molar-refractivity contribution in [2.75, 3.05) is 38.2 Å². The van der Waals surface area contributed by atoms with Crippen molar-refractivity contribution in [1.29, 1.82) is 0 Å². The van der Waals surface area contributed by atoms with E-state index in [1.165, 1.54) is 18.2 Å². The van der Waals surface area contributed by atoms with E-state index in [0.717, 1.165) is 11.3 Å². The van der Waals surface area contributed by atoms with Gasteiger partial charge in [-0.15, -0.1) is 0 Å². The number of piperazine rings is 1. The van der Waals surface area contributed by atoms with Gasteiger partial charge in [0.2, 0.25) is 0 Å². The van der Waals surface area contributed by atoms with Crippen LogP contribution in [0.1, 0.15) is 5.56 Å². The van der Waals surface area contributed by atoms with Crippen molar-refractivity contribution >= 4 is 11.7 Å². The van der Waals surface area contributed by atoms with Crippen LogP contribution in [-0.2, 0) is 6.54 Å². The van der Waals surface area contributed by atoms with Crippen LogP contribution in [0.4, 0.5) is 19.3 Å². The molecule has 0 atom stereocenters. The summed E-state index contributed by atoms with van der Waals surface area (Å²) in [6.45, 7) is 1.98. The number of benzene rings is 2. The molecule has 26 heavy (non-hydrogen) atoms. The summed E-state index contributed by atoms with van der Waals surface area (Å²) in [6, 6.07) is 11.1. The van der Waals surface area contributed by atoms with Gasteiger partial charge >= 0.3 is 6.03 Å². The molecule has 2 aromatic rings. The van der Waals surface area contributed by atoms with Gasteiger partial charge in [-0.05, 0) is 29.8 Å². The lowest BCUT2D eigenvalue weighted by molar-refractivity contribution is 0.193. The Morgan fingerprint density at radius 1 is 1.04 bits per heavy atom. The zero-order valence-corrected chi connectivity index (χ0v) is 14.5. The molecule has 0 saturated carbocycles. The number of nitrogens with zero attached hydrogens (tertiary/aromatic N) is 2. The number of hydrogen-bond acceptors (Lipinski definition) is 3. The van der Waals surface area contributed by atoms with Crippen molar-refractivity contribution in [3.05, 3.63) is 59.7 Å². The van der Waals surface area contributed by atoms with Gasteiger partial charge in [-0.2, -0.15) is 0 Å². The number of halogens is 2. The van der Waals surface area contributed by atoms with Gasteiger partial charge in [0.15, 0.2) is 0 Å². The molecule has 1 fully saturated rings. The van der Waals surface area contributed by atoms with Crippen molar-refractivity contribution in [2.45, 2.75) is 6.54 Å². The van der Waals surface area contributed by atoms with Gasteiger partial charge < -0.3 is 19.9 Å². The van der Waals surface area contributed by atoms with E-state index in [0.29, 0.717) is 32.7 Å². The Hall–Kier alpha value is -2.83. The second kappa shape index (κ2) is 8.03. The van der Waals surface area contributed by atoms with E-state index in [4.69, 9.17) is 4.74 Å². The third-order valence-corrected chi connectivity index (χ3v) is 4.42. The fourth-order valence-corrected chi connectivity index (χ4v) is 2.96. The van der Waals surface area contributed by atoms with Crippen LogP contribution in [0.2, 0.25) is 0 Å². The maximum absolute atomic E-state index is 13.9. The number of ether oxygens (including phenoxy) is 1. The van der Waals surface area contributed by atoms with Gasteiger partial charge in [-0.1, -0.05) is 18.2 Å². The molecule has 0 aliphatic carbocycles. The molecule has 5 nitrogen and oxygen atoms in total. The minimum atomic E-state index is -0.581. The Labute approximate surface area is 151 Å². The van der Waals surface area contributed by atoms with Crippen LogP contribution in [0.25, 0.3) is 0 Å². The molecule has 0 spiro atoms. The molecule has 1 heterocycles. The molecule has 2 amide bonds. The molecule has 1 saturated heterocycles. The van der Waals surface area contributed by atoms with Gasteiger partial charge in [0, 0.05) is 32.7 Å². The van der Waals surface area contributed by atoms with Crippen LogP contribution in [0.15, 0.2) is 42.5 Å². The quantitative estimate of drug-likeness (QED) is 0.911. The first-order chi connectivity index (χ1) is 12.6. The first-order valence-electron chi connectivity index (χ1n) is 8.43. The Kier molecular flexibility index (Phi) is 5.55. The molecular formula is C19H21F2N3O2. The number of methoxy groups -OCH3 is 1. The van der Waals surface area contributed by atoms with E-state index in [9.17, 15) is 13.6 Å². The first-order valence-corrected chi connectivity index (χ1v) is 8.43. The maximum Gasteiger partial charge on any atom is 0.317 e. The highest BCUT2D eigenvalue weighted by molar-refractivity contribution is 5.74. The average Bonchev–Trinajstić information content (AvgIpc) is 2.67. The minimum Gasteiger partial charge on any atom is -0.497 e. The molecular weight excluding hydrogens is 340 g/mol. The smallest absolute Gasteiger partial charge is 0.317 e. The zero-order chi connectivity index (χ0) is 18.5. The summed E-state index contributed by atoms with van der Waals surface area (Å²) in [5, 5.41) is 2.86. The van der Waals surface area contributed by atoms with Gasteiger partial charge in [0.1, 0.15) is 23.1 Å². The molecule has 1 N–H and O–H groups in total. The van der Waals surface area contributed by atoms with Crippen molar-refractivity contribution in [3.63, 3.8) is 0 Å². The third kappa shape index (κ3) is 4.04. The molecule has 0 radical (unpaired) electrons. The van der Waals surface area contributed by atoms with Crippen LogP contribution in [0.3, 0.4) is 0 Å². The average molecular weight is 361 g/mol. The number of rotatable bonds is 4. The number of amides is 2. The fourth-order valence-electron chi connectivity index (χ4n) is 2.96. The molecule has 7 heteroatoms. The topological polar surface area (TPSA) is 44.8 Å². The van der Waals surface area contributed by atoms with Crippen molar-refractivity contribution in [2.24, 2.45) is 0 Å². The predicted molar refractivity (Wildman–Crippen MR) is 95.4 cm³/mol. The van der Waals surface area contributed by atoms with E-state index in [1.54, 1.807) is 16.9 Å². The van der Waals surface area contributed by atoms with Gasteiger partial charge in [-0.25, -0.2) is 13.6 Å². The Morgan fingerprint density at radius 2 is 1.65 bits per heavy atom. The second-order valence-electron chi connectivity index (χ2n) is 6.05. The highest BCUT2D eigenvalue weighted by Gasteiger charge is 2.24. The SMILES string of the molecule is COc1ccc(CNC(=O)N2CCN(c3c(F)cccc3F)CC2)cc1. The van der Waals surface area contributed by atoms with Gasteiger partial charge in [0.05, 0.1) is 7.11 Å². The Bertz CT molecular complexity index is 740. The Morgan fingerprint density at radius 3 is 2.23 bits per heavy atom. The predicted octanol–water partition coefficient (Wildman–Crippen LogP) is 3.01. The highest BCUT2D eigenvalue weighted by Crippen LogP contribution is 2.24. The molecule has 0 bridgehead atoms. The van der Waals surface area contributed by atoms with Crippen molar-refractivity contribution in [3.8, 4) is 5.75 Å². The van der Waals surface area contributed by atoms with E-state index >= 15 is 0 Å². The zero-order valence-electron chi connectivity index (χ0n) is 14.5. The summed E-state index contributed by atoms with van der Waals surface area (Å²) in [6.07, 6.45) is 0. The minimum absolute atomic E-state index is 0.0224. The van der Waals surface area contributed by atoms with Gasteiger partial charge in [0.25, 0.3) is 0 Å². The number of urea groups is 1. The van der Waals surface area contributed by atoms with E-state index in [2.05, 4.69) is 5.32 Å². The summed E-state index contributed by atoms with van der Waals surface area (Å²) in [5.41, 5.74) is 0.942. The normalized spacial score (nSPS) is 14.3. The van der Waals surface area contributed by atoms with Crippen LogP contribution in [0.5, 0.6) is 5.75 Å². The van der Waals surface area contributed by atoms with Crippen LogP contribution in [-0.4, -0.2) is 44.2 Å². The van der Waals surface area contributed by atoms with E-state index in [1.807, 2.05) is 24.3 Å². The summed E-state index contributed by atoms with van der Waals surface area (Å²) in [7, 11) is 1.60. The summed E-state index contributed by atoms with van der Waals surface area (Å²) in [5.74, 6) is -0.401. The van der Waals surface area contributed by atoms with Crippen LogP contribution in [0, 0.1) is 11.6 Å². The lowest BCUT2D eigenvalue weighted by Crippen LogP contribution is -2.52. The molecule has 1 aliphatic rings. The molecule has 3 rings (SSSR count). The van der Waals surface area contributed by atoms with E-state index < -0.39 is 11.6 Å². The fraction of sp³-hybridized carbons (Fsp3) is 0.316. The highest BCUT2D eigenvalue weighted by atomic mass is 19.1. The number of para-hydroxylation sites is 1. The lowest BCUT2D eigenvalue weighted by Gasteiger charge is -2.36. The molecule has 1 aliphatic heterocycles. The number of hydrogen-bond donors (Lipinski definition) is 1. The maximum atomic E-state index is 13.9. The second-order valence-corrected chi connectivity index (χ2v) is 6.05. The number of nitrogens with one attached hydrogen (secondary N) is 1. The summed E-state index contributed by atoms with van der Waals surface area (Å²) >= 11 is 0. The summed E-state index contributed by atoms with van der Waals surface area (Å²) < 4.78 is 32.8. The largest absolute Gasteiger partial charge is 0.497 e. The molecule has 0 aromatic heterocycles. The van der Waals surface area contributed by atoms with Crippen molar-refractivity contribution < 1.29 is 18.3 Å². The number of anilines is 1. The number of carbonyl (C=O) groups is 1. The molecule has 2 aromatic carbocycles. The van der Waals surface area contributed by atoms with Gasteiger partial charge in [-0.3, -0.25) is 0 Å². The Balaban J connectivity index is 1.51. The van der Waals surface area contributed by atoms with Crippen LogP contribution >= 0.6 is 0 Å².